The standard InChI is InChI=1S/C7H11N3O3/c1-5(2-6(11)12)3-10-4-8-9-7(10)13/h4-5H,2-3H2,1H3,(H,9,13)(H,11,12). The number of carbonyl (C=O) groups is 1. The van der Waals surface area contributed by atoms with Gasteiger partial charge in [-0.25, -0.2) is 9.89 Å². The Balaban J connectivity index is 2.55. The molecule has 1 atom stereocenters. The van der Waals surface area contributed by atoms with Crippen LogP contribution in [0.1, 0.15) is 13.3 Å². The van der Waals surface area contributed by atoms with E-state index in [9.17, 15) is 9.59 Å². The van der Waals surface area contributed by atoms with Gasteiger partial charge in [-0.2, -0.15) is 5.10 Å². The molecule has 0 spiro atoms. The first kappa shape index (κ1) is 9.50. The van der Waals surface area contributed by atoms with Crippen LogP contribution in [0.5, 0.6) is 0 Å². The van der Waals surface area contributed by atoms with Crippen LogP contribution < -0.4 is 5.69 Å². The molecule has 0 saturated heterocycles. The maximum atomic E-state index is 10.9. The minimum atomic E-state index is -0.857. The normalized spacial score (nSPS) is 12.7. The highest BCUT2D eigenvalue weighted by atomic mass is 16.4. The van der Waals surface area contributed by atoms with Gasteiger partial charge in [0, 0.05) is 13.0 Å². The molecule has 0 saturated carbocycles. The predicted octanol–water partition coefficient (Wildman–Crippen LogP) is -0.318. The lowest BCUT2D eigenvalue weighted by Crippen LogP contribution is -2.21. The third-order valence-electron chi connectivity index (χ3n) is 1.65. The molecule has 0 bridgehead atoms. The number of carboxylic acid groups (broad SMARTS) is 1. The molecule has 1 aromatic heterocycles. The predicted molar refractivity (Wildman–Crippen MR) is 44.3 cm³/mol. The first-order chi connectivity index (χ1) is 6.09. The van der Waals surface area contributed by atoms with Gasteiger partial charge in [0.05, 0.1) is 0 Å². The van der Waals surface area contributed by atoms with Crippen LogP contribution in [0, 0.1) is 5.92 Å². The lowest BCUT2D eigenvalue weighted by Gasteiger charge is -2.06. The summed E-state index contributed by atoms with van der Waals surface area (Å²) in [5.41, 5.74) is -0.308. The Kier molecular flexibility index (Phi) is 2.84. The van der Waals surface area contributed by atoms with Crippen LogP contribution in [0.25, 0.3) is 0 Å². The Morgan fingerprint density at radius 1 is 1.85 bits per heavy atom. The van der Waals surface area contributed by atoms with Crippen LogP contribution in [0.4, 0.5) is 0 Å². The molecule has 0 aliphatic rings. The summed E-state index contributed by atoms with van der Waals surface area (Å²) in [5.74, 6) is -0.933. The summed E-state index contributed by atoms with van der Waals surface area (Å²) in [5, 5.41) is 14.2. The van der Waals surface area contributed by atoms with Gasteiger partial charge in [-0.3, -0.25) is 9.36 Å². The van der Waals surface area contributed by atoms with E-state index in [-0.39, 0.29) is 18.0 Å². The van der Waals surface area contributed by atoms with Gasteiger partial charge in [0.15, 0.2) is 0 Å². The van der Waals surface area contributed by atoms with E-state index in [0.29, 0.717) is 6.54 Å². The van der Waals surface area contributed by atoms with Gasteiger partial charge in [0.25, 0.3) is 0 Å². The number of nitrogens with one attached hydrogen (secondary N) is 1. The van der Waals surface area contributed by atoms with Crippen molar-refractivity contribution in [1.82, 2.24) is 14.8 Å². The van der Waals surface area contributed by atoms with Crippen molar-refractivity contribution in [3.63, 3.8) is 0 Å². The fourth-order valence-electron chi connectivity index (χ4n) is 1.10. The van der Waals surface area contributed by atoms with E-state index in [1.165, 1.54) is 10.9 Å². The Labute approximate surface area is 74.2 Å². The number of aromatic amines is 1. The number of aliphatic carboxylic acids is 1. The molecular formula is C7H11N3O3. The zero-order valence-electron chi connectivity index (χ0n) is 7.23. The van der Waals surface area contributed by atoms with Crippen LogP contribution >= 0.6 is 0 Å². The van der Waals surface area contributed by atoms with Gasteiger partial charge in [0.2, 0.25) is 0 Å². The third-order valence-corrected chi connectivity index (χ3v) is 1.65. The number of aromatic nitrogens is 3. The minimum Gasteiger partial charge on any atom is -0.481 e. The van der Waals surface area contributed by atoms with Crippen molar-refractivity contribution in [2.75, 3.05) is 0 Å². The molecule has 13 heavy (non-hydrogen) atoms. The second kappa shape index (κ2) is 3.88. The SMILES string of the molecule is CC(CC(=O)O)Cn1cn[nH]c1=O. The third kappa shape index (κ3) is 2.73. The molecule has 0 aliphatic heterocycles. The molecule has 1 unspecified atom stereocenters. The van der Waals surface area contributed by atoms with Crippen molar-refractivity contribution in [2.24, 2.45) is 5.92 Å². The summed E-state index contributed by atoms with van der Waals surface area (Å²) in [7, 11) is 0. The summed E-state index contributed by atoms with van der Waals surface area (Å²) < 4.78 is 1.35. The van der Waals surface area contributed by atoms with E-state index in [4.69, 9.17) is 5.11 Å². The maximum absolute atomic E-state index is 10.9. The number of rotatable bonds is 4. The molecule has 72 valence electrons. The molecule has 1 rings (SSSR count). The molecule has 0 aliphatic carbocycles. The van der Waals surface area contributed by atoms with E-state index < -0.39 is 5.97 Å². The second-order valence-electron chi connectivity index (χ2n) is 3.02. The highest BCUT2D eigenvalue weighted by Crippen LogP contribution is 2.03. The molecule has 0 aromatic carbocycles. The van der Waals surface area contributed by atoms with Gasteiger partial charge >= 0.3 is 11.7 Å². The van der Waals surface area contributed by atoms with E-state index in [0.717, 1.165) is 0 Å². The number of nitrogens with zero attached hydrogens (tertiary/aromatic N) is 2. The molecular weight excluding hydrogens is 174 g/mol. The monoisotopic (exact) mass is 185 g/mol. The average molecular weight is 185 g/mol. The molecule has 2 N–H and O–H groups in total. The fraction of sp³-hybridized carbons (Fsp3) is 0.571. The van der Waals surface area contributed by atoms with Crippen molar-refractivity contribution in [2.45, 2.75) is 19.9 Å². The van der Waals surface area contributed by atoms with E-state index >= 15 is 0 Å². The number of hydrogen-bond donors (Lipinski definition) is 2. The number of carboxylic acids is 1. The Hall–Kier alpha value is -1.59. The zero-order chi connectivity index (χ0) is 9.84. The summed E-state index contributed by atoms with van der Waals surface area (Å²) >= 11 is 0. The molecule has 1 heterocycles. The highest BCUT2D eigenvalue weighted by Gasteiger charge is 2.09. The van der Waals surface area contributed by atoms with Gasteiger partial charge in [0.1, 0.15) is 6.33 Å². The quantitative estimate of drug-likeness (QED) is 0.673. The van der Waals surface area contributed by atoms with Crippen LogP contribution in [0.3, 0.4) is 0 Å². The van der Waals surface area contributed by atoms with Crippen molar-refractivity contribution in [1.29, 1.82) is 0 Å². The summed E-state index contributed by atoms with van der Waals surface area (Å²) in [6.45, 7) is 2.15. The van der Waals surface area contributed by atoms with Gasteiger partial charge in [-0.1, -0.05) is 6.92 Å². The largest absolute Gasteiger partial charge is 0.481 e. The van der Waals surface area contributed by atoms with Crippen LogP contribution in [-0.2, 0) is 11.3 Å². The molecule has 0 fully saturated rings. The van der Waals surface area contributed by atoms with E-state index in [2.05, 4.69) is 10.2 Å². The molecule has 0 amide bonds. The van der Waals surface area contributed by atoms with Crippen molar-refractivity contribution < 1.29 is 9.90 Å². The number of hydrogen-bond acceptors (Lipinski definition) is 3. The molecule has 1 aromatic rings. The lowest BCUT2D eigenvalue weighted by atomic mass is 10.1. The lowest BCUT2D eigenvalue weighted by molar-refractivity contribution is -0.138. The van der Waals surface area contributed by atoms with Gasteiger partial charge in [-0.15, -0.1) is 0 Å². The smallest absolute Gasteiger partial charge is 0.343 e. The van der Waals surface area contributed by atoms with Crippen LogP contribution in [0.15, 0.2) is 11.1 Å². The Morgan fingerprint density at radius 2 is 2.54 bits per heavy atom. The topological polar surface area (TPSA) is 88.0 Å². The van der Waals surface area contributed by atoms with Gasteiger partial charge < -0.3 is 5.11 Å². The average Bonchev–Trinajstić information content (AvgIpc) is 2.34. The van der Waals surface area contributed by atoms with E-state index in [1.54, 1.807) is 6.92 Å². The van der Waals surface area contributed by atoms with Gasteiger partial charge in [-0.05, 0) is 5.92 Å². The first-order valence-corrected chi connectivity index (χ1v) is 3.91. The summed E-state index contributed by atoms with van der Waals surface area (Å²) in [6, 6.07) is 0. The van der Waals surface area contributed by atoms with Crippen molar-refractivity contribution in [3.8, 4) is 0 Å². The second-order valence-corrected chi connectivity index (χ2v) is 3.02. The van der Waals surface area contributed by atoms with Crippen molar-refractivity contribution >= 4 is 5.97 Å². The minimum absolute atomic E-state index is 0.0532. The maximum Gasteiger partial charge on any atom is 0.343 e. The fourth-order valence-corrected chi connectivity index (χ4v) is 1.10. The molecule has 0 radical (unpaired) electrons. The Morgan fingerprint density at radius 3 is 3.00 bits per heavy atom. The van der Waals surface area contributed by atoms with Crippen LogP contribution in [-0.4, -0.2) is 25.8 Å². The summed E-state index contributed by atoms with van der Waals surface area (Å²) in [4.78, 5) is 21.3. The van der Waals surface area contributed by atoms with Crippen molar-refractivity contribution in [3.05, 3.63) is 16.8 Å². The highest BCUT2D eigenvalue weighted by molar-refractivity contribution is 5.66. The molecule has 6 nitrogen and oxygen atoms in total. The van der Waals surface area contributed by atoms with Crippen LogP contribution in [0.2, 0.25) is 0 Å². The Bertz CT molecular complexity index is 341. The molecule has 6 heteroatoms. The first-order valence-electron chi connectivity index (χ1n) is 3.91. The van der Waals surface area contributed by atoms with E-state index in [1.807, 2.05) is 0 Å². The zero-order valence-corrected chi connectivity index (χ0v) is 7.23. The summed E-state index contributed by atoms with van der Waals surface area (Å²) in [6.07, 6.45) is 1.41. The number of H-pyrrole nitrogens is 1.